The number of aromatic carboxylic acids is 1. The summed E-state index contributed by atoms with van der Waals surface area (Å²) in [5.74, 6) is -1.24. The number of nitrogens with zero attached hydrogens (tertiary/aromatic N) is 1. The Morgan fingerprint density at radius 3 is 1.94 bits per heavy atom. The number of hydrogen-bond acceptors (Lipinski definition) is 7. The van der Waals surface area contributed by atoms with E-state index in [2.05, 4.69) is 5.32 Å². The van der Waals surface area contributed by atoms with Crippen molar-refractivity contribution in [3.63, 3.8) is 0 Å². The van der Waals surface area contributed by atoms with Crippen LogP contribution in [0.1, 0.15) is 26.3 Å². The molecule has 180 valence electrons. The van der Waals surface area contributed by atoms with E-state index < -0.39 is 12.4 Å². The van der Waals surface area contributed by atoms with Crippen molar-refractivity contribution in [3.8, 4) is 0 Å². The Morgan fingerprint density at radius 1 is 0.882 bits per heavy atom. The summed E-state index contributed by atoms with van der Waals surface area (Å²) in [5, 5.41) is 11.4. The van der Waals surface area contributed by atoms with Crippen LogP contribution in [-0.2, 0) is 20.8 Å². The molecule has 0 aliphatic carbocycles. The van der Waals surface area contributed by atoms with Crippen LogP contribution in [0.4, 0.5) is 11.4 Å². The van der Waals surface area contributed by atoms with Crippen molar-refractivity contribution in [2.24, 2.45) is 0 Å². The lowest BCUT2D eigenvalue weighted by Crippen LogP contribution is -2.34. The largest absolute Gasteiger partial charge is 0.478 e. The van der Waals surface area contributed by atoms with Crippen LogP contribution in [0.3, 0.4) is 0 Å². The van der Waals surface area contributed by atoms with Crippen LogP contribution in [0.5, 0.6) is 0 Å². The first kappa shape index (κ1) is 26.4. The van der Waals surface area contributed by atoms with Gasteiger partial charge in [0.1, 0.15) is 6.61 Å². The Labute approximate surface area is 199 Å². The first-order chi connectivity index (χ1) is 16.4. The molecular formula is C26H30N2O6. The van der Waals surface area contributed by atoms with Crippen molar-refractivity contribution in [2.75, 3.05) is 38.5 Å². The molecule has 8 heteroatoms. The Hall–Kier alpha value is -3.88. The average molecular weight is 467 g/mol. The number of carbonyl (C=O) groups excluding carboxylic acids is 1. The normalized spacial score (nSPS) is 10.1. The van der Waals surface area contributed by atoms with Gasteiger partial charge in [-0.1, -0.05) is 30.3 Å². The second-order valence-corrected chi connectivity index (χ2v) is 7.13. The fraction of sp³-hybridized carbons (Fsp3) is 0.231. The summed E-state index contributed by atoms with van der Waals surface area (Å²) >= 11 is 0. The number of rotatable bonds is 9. The average Bonchev–Trinajstić information content (AvgIpc) is 2.89. The molecule has 3 aromatic carbocycles. The number of hydrogen-bond donors (Lipinski definition) is 2. The minimum atomic E-state index is -0.896. The minimum absolute atomic E-state index is 0.261. The van der Waals surface area contributed by atoms with Crippen molar-refractivity contribution in [1.29, 1.82) is 0 Å². The summed E-state index contributed by atoms with van der Waals surface area (Å²) in [4.78, 5) is 24.3. The number of nitrogens with one attached hydrogen (secondary N) is 1. The van der Waals surface area contributed by atoms with Gasteiger partial charge in [-0.05, 0) is 54.1 Å². The highest BCUT2D eigenvalue weighted by molar-refractivity contribution is 5.90. The van der Waals surface area contributed by atoms with Gasteiger partial charge in [0.15, 0.2) is 0 Å². The van der Waals surface area contributed by atoms with Crippen molar-refractivity contribution in [3.05, 3.63) is 95.6 Å². The van der Waals surface area contributed by atoms with Gasteiger partial charge in [-0.25, -0.2) is 9.59 Å². The van der Waals surface area contributed by atoms with Gasteiger partial charge < -0.3 is 29.5 Å². The number of ether oxygens (including phenoxy) is 3. The minimum Gasteiger partial charge on any atom is -0.478 e. The molecule has 0 fully saturated rings. The number of anilines is 2. The fourth-order valence-electron chi connectivity index (χ4n) is 2.95. The summed E-state index contributed by atoms with van der Waals surface area (Å²) < 4.78 is 15.7. The molecule has 0 aromatic heterocycles. The van der Waals surface area contributed by atoms with Crippen molar-refractivity contribution in [1.82, 2.24) is 0 Å². The van der Waals surface area contributed by atoms with Crippen LogP contribution in [0.15, 0.2) is 78.9 Å². The molecule has 3 aromatic rings. The third kappa shape index (κ3) is 7.91. The zero-order valence-corrected chi connectivity index (χ0v) is 19.7. The molecule has 0 atom stereocenters. The van der Waals surface area contributed by atoms with Gasteiger partial charge in [0, 0.05) is 39.7 Å². The lowest BCUT2D eigenvalue weighted by Gasteiger charge is -2.27. The molecule has 0 aliphatic rings. The summed E-state index contributed by atoms with van der Waals surface area (Å²) in [6, 6.07) is 23.3. The van der Waals surface area contributed by atoms with E-state index in [0.29, 0.717) is 11.1 Å². The van der Waals surface area contributed by atoms with Crippen LogP contribution in [-0.4, -0.2) is 51.8 Å². The quantitative estimate of drug-likeness (QED) is 0.352. The topological polar surface area (TPSA) is 97.3 Å². The van der Waals surface area contributed by atoms with E-state index in [4.69, 9.17) is 19.3 Å². The molecule has 0 spiro atoms. The van der Waals surface area contributed by atoms with E-state index in [1.807, 2.05) is 54.4 Å². The second kappa shape index (κ2) is 13.6. The summed E-state index contributed by atoms with van der Waals surface area (Å²) in [6.45, 7) is 0.261. The van der Waals surface area contributed by atoms with Crippen molar-refractivity contribution >= 4 is 23.3 Å². The molecule has 0 heterocycles. The summed E-state index contributed by atoms with van der Waals surface area (Å²) in [7, 11) is 6.77. The molecule has 8 nitrogen and oxygen atoms in total. The van der Waals surface area contributed by atoms with Gasteiger partial charge in [0.2, 0.25) is 6.41 Å². The zero-order valence-electron chi connectivity index (χ0n) is 19.7. The van der Waals surface area contributed by atoms with E-state index in [-0.39, 0.29) is 12.6 Å². The molecular weight excluding hydrogens is 436 g/mol. The van der Waals surface area contributed by atoms with Crippen LogP contribution >= 0.6 is 0 Å². The third-order valence-corrected chi connectivity index (χ3v) is 4.86. The summed E-state index contributed by atoms with van der Waals surface area (Å²) in [6.07, 6.45) is -0.481. The first-order valence-electron chi connectivity index (χ1n) is 10.5. The smallest absolute Gasteiger partial charge is 0.338 e. The molecule has 0 bridgehead atoms. The SMILES string of the molecule is CNc1ccc(C(=O)O)cc1.COC(OC)N(C)c1ccc(C(=O)OCc2ccccc2)cc1. The van der Waals surface area contributed by atoms with E-state index in [1.165, 1.54) is 0 Å². The number of esters is 1. The standard InChI is InChI=1S/C18H21NO4.C8H9NO2/c1-19(18(21-2)22-3)16-11-9-15(10-12-16)17(20)23-13-14-7-5-4-6-8-14;1-9-7-4-2-6(3-5-7)8(10)11/h4-12,18H,13H2,1-3H3;2-5,9H,1H3,(H,10,11). The maximum atomic E-state index is 12.1. The molecule has 0 radical (unpaired) electrons. The van der Waals surface area contributed by atoms with Crippen LogP contribution in [0.2, 0.25) is 0 Å². The maximum Gasteiger partial charge on any atom is 0.338 e. The first-order valence-corrected chi connectivity index (χ1v) is 10.5. The fourth-order valence-corrected chi connectivity index (χ4v) is 2.95. The number of carboxylic acid groups (broad SMARTS) is 1. The molecule has 0 amide bonds. The molecule has 0 unspecified atom stereocenters. The Morgan fingerprint density at radius 2 is 1.44 bits per heavy atom. The number of carboxylic acids is 1. The van der Waals surface area contributed by atoms with Gasteiger partial charge in [-0.2, -0.15) is 0 Å². The van der Waals surface area contributed by atoms with E-state index in [0.717, 1.165) is 16.9 Å². The van der Waals surface area contributed by atoms with Crippen LogP contribution < -0.4 is 10.2 Å². The monoisotopic (exact) mass is 466 g/mol. The molecule has 3 rings (SSSR count). The Balaban J connectivity index is 0.000000310. The van der Waals surface area contributed by atoms with Crippen molar-refractivity contribution < 1.29 is 28.9 Å². The van der Waals surface area contributed by atoms with Gasteiger partial charge in [0.25, 0.3) is 0 Å². The summed E-state index contributed by atoms with van der Waals surface area (Å²) in [5.41, 5.74) is 3.56. The molecule has 0 aliphatic heterocycles. The maximum absolute atomic E-state index is 12.1. The molecule has 0 saturated carbocycles. The zero-order chi connectivity index (χ0) is 24.9. The van der Waals surface area contributed by atoms with Gasteiger partial charge in [0.05, 0.1) is 11.1 Å². The Kier molecular flexibility index (Phi) is 10.6. The highest BCUT2D eigenvalue weighted by Crippen LogP contribution is 2.18. The Bertz CT molecular complexity index is 1020. The van der Waals surface area contributed by atoms with E-state index >= 15 is 0 Å². The lowest BCUT2D eigenvalue weighted by atomic mass is 10.2. The molecule has 2 N–H and O–H groups in total. The molecule has 0 saturated heterocycles. The predicted octanol–water partition coefficient (Wildman–Crippen LogP) is 4.48. The number of benzene rings is 3. The number of methoxy groups -OCH3 is 2. The van der Waals surface area contributed by atoms with Gasteiger partial charge in [-0.15, -0.1) is 0 Å². The van der Waals surface area contributed by atoms with Crippen LogP contribution in [0, 0.1) is 0 Å². The highest BCUT2D eigenvalue weighted by Gasteiger charge is 2.14. The van der Waals surface area contributed by atoms with Gasteiger partial charge >= 0.3 is 11.9 Å². The predicted molar refractivity (Wildman–Crippen MR) is 131 cm³/mol. The van der Waals surface area contributed by atoms with Crippen LogP contribution in [0.25, 0.3) is 0 Å². The van der Waals surface area contributed by atoms with E-state index in [1.54, 1.807) is 57.7 Å². The molecule has 34 heavy (non-hydrogen) atoms. The lowest BCUT2D eigenvalue weighted by molar-refractivity contribution is -0.0991. The second-order valence-electron chi connectivity index (χ2n) is 7.13. The third-order valence-electron chi connectivity index (χ3n) is 4.86. The van der Waals surface area contributed by atoms with Crippen molar-refractivity contribution in [2.45, 2.75) is 13.0 Å². The van der Waals surface area contributed by atoms with E-state index in [9.17, 15) is 9.59 Å². The highest BCUT2D eigenvalue weighted by atomic mass is 16.7. The van der Waals surface area contributed by atoms with Gasteiger partial charge in [-0.3, -0.25) is 0 Å². The number of carbonyl (C=O) groups is 2.